The van der Waals surface area contributed by atoms with Crippen molar-refractivity contribution in [3.63, 3.8) is 0 Å². The van der Waals surface area contributed by atoms with Gasteiger partial charge in [0.25, 0.3) is 0 Å². The summed E-state index contributed by atoms with van der Waals surface area (Å²) in [6.45, 7) is 14.3. The van der Waals surface area contributed by atoms with Crippen molar-refractivity contribution in [2.45, 2.75) is 208 Å². The fraction of sp³-hybridized carbons (Fsp3) is 0.857. The van der Waals surface area contributed by atoms with Crippen LogP contribution in [0.3, 0.4) is 0 Å². The van der Waals surface area contributed by atoms with E-state index in [1.54, 1.807) is 20.5 Å². The normalized spacial score (nSPS) is 14.7. The molecule has 0 aliphatic rings. The molecule has 0 aliphatic carbocycles. The van der Waals surface area contributed by atoms with Crippen molar-refractivity contribution in [3.05, 3.63) is 18.7 Å². The van der Waals surface area contributed by atoms with Crippen LogP contribution in [0, 0.1) is 23.7 Å². The molecular weight excluding hydrogens is 728 g/mol. The number of fused-ring (bicyclic) bond motifs is 1. The fourth-order valence-corrected chi connectivity index (χ4v) is 12.3. The third kappa shape index (κ3) is 16.1. The second-order valence-electron chi connectivity index (χ2n) is 14.9. The van der Waals surface area contributed by atoms with E-state index in [0.29, 0.717) is 0 Å². The van der Waals surface area contributed by atoms with E-state index in [4.69, 9.17) is 0 Å². The van der Waals surface area contributed by atoms with Gasteiger partial charge in [0.2, 0.25) is 0 Å². The first kappa shape index (κ1) is 42.8. The number of aryl methyl sites for hydroxylation is 2. The maximum Gasteiger partial charge on any atom is 0.0751 e. The standard InChI is InChI=1S/C42H74Br2S2/c1-7-13-17-19-21-25-35(31-33(11-5)23-15-9-3)27-29-37-39-40(46-41(37)43)38(42(44)45-39)30-28-36(26-22-20-18-14-8-2)32-34(12-6)24-16-10-4/h33-36H,7-32H2,1-6H3. The molecule has 2 heterocycles. The van der Waals surface area contributed by atoms with E-state index in [1.165, 1.54) is 175 Å². The minimum absolute atomic E-state index is 0.880. The summed E-state index contributed by atoms with van der Waals surface area (Å²) < 4.78 is 6.01. The van der Waals surface area contributed by atoms with Gasteiger partial charge in [-0.25, -0.2) is 0 Å². The molecule has 46 heavy (non-hydrogen) atoms. The summed E-state index contributed by atoms with van der Waals surface area (Å²) >= 11 is 12.3. The first-order chi connectivity index (χ1) is 22.4. The molecule has 2 rings (SSSR count). The molecule has 4 atom stereocenters. The molecule has 2 aromatic heterocycles. The molecule has 0 nitrogen and oxygen atoms in total. The van der Waals surface area contributed by atoms with Crippen LogP contribution in [-0.4, -0.2) is 0 Å². The van der Waals surface area contributed by atoms with Crippen LogP contribution in [0.1, 0.15) is 207 Å². The van der Waals surface area contributed by atoms with Crippen molar-refractivity contribution in [1.29, 1.82) is 0 Å². The smallest absolute Gasteiger partial charge is 0.0751 e. The molecule has 0 fully saturated rings. The molecule has 0 radical (unpaired) electrons. The van der Waals surface area contributed by atoms with Crippen LogP contribution in [0.2, 0.25) is 0 Å². The van der Waals surface area contributed by atoms with Crippen molar-refractivity contribution in [2.75, 3.05) is 0 Å². The van der Waals surface area contributed by atoms with Gasteiger partial charge in [0.05, 0.1) is 17.0 Å². The lowest BCUT2D eigenvalue weighted by Crippen LogP contribution is -2.10. The molecule has 0 bridgehead atoms. The molecular formula is C42H74Br2S2. The maximum atomic E-state index is 4.09. The Morgan fingerprint density at radius 2 is 0.761 bits per heavy atom. The number of hydrogen-bond acceptors (Lipinski definition) is 2. The monoisotopic (exact) mass is 800 g/mol. The van der Waals surface area contributed by atoms with Crippen LogP contribution in [0.25, 0.3) is 9.40 Å². The highest BCUT2D eigenvalue weighted by Gasteiger charge is 2.23. The SMILES string of the molecule is CCCCCCCC(CCc1c(Br)sc2c(CCC(CCCCCCC)CC(CC)CCCC)c(Br)sc12)CC(CC)CCCC. The number of rotatable bonds is 30. The fourth-order valence-electron chi connectivity index (χ4n) is 7.83. The Hall–Kier alpha value is 0.620. The first-order valence-corrected chi connectivity index (χ1v) is 23.5. The van der Waals surface area contributed by atoms with E-state index in [9.17, 15) is 0 Å². The molecule has 0 saturated carbocycles. The number of hydrogen-bond donors (Lipinski definition) is 0. The lowest BCUT2D eigenvalue weighted by molar-refractivity contribution is 0.302. The van der Waals surface area contributed by atoms with E-state index >= 15 is 0 Å². The van der Waals surface area contributed by atoms with Gasteiger partial charge in [-0.05, 0) is 105 Å². The third-order valence-corrected chi connectivity index (χ3v) is 15.3. The van der Waals surface area contributed by atoms with Crippen molar-refractivity contribution in [1.82, 2.24) is 0 Å². The zero-order valence-corrected chi connectivity index (χ0v) is 36.1. The van der Waals surface area contributed by atoms with Gasteiger partial charge in [0.1, 0.15) is 0 Å². The molecule has 0 spiro atoms. The van der Waals surface area contributed by atoms with Crippen molar-refractivity contribution in [2.24, 2.45) is 23.7 Å². The molecule has 268 valence electrons. The molecule has 2 aromatic rings. The minimum atomic E-state index is 0.880. The summed E-state index contributed by atoms with van der Waals surface area (Å²) in [6, 6.07) is 0. The zero-order valence-electron chi connectivity index (χ0n) is 31.3. The number of thiophene rings is 2. The highest BCUT2D eigenvalue weighted by Crippen LogP contribution is 2.47. The highest BCUT2D eigenvalue weighted by atomic mass is 79.9. The van der Waals surface area contributed by atoms with E-state index in [2.05, 4.69) is 73.4 Å². The van der Waals surface area contributed by atoms with E-state index in [-0.39, 0.29) is 0 Å². The average Bonchev–Trinajstić information content (AvgIpc) is 3.52. The molecule has 0 saturated heterocycles. The summed E-state index contributed by atoms with van der Waals surface area (Å²) in [5.74, 6) is 3.60. The summed E-state index contributed by atoms with van der Waals surface area (Å²) in [6.07, 6.45) is 36.1. The third-order valence-electron chi connectivity index (χ3n) is 11.1. The number of halogens is 2. The Bertz CT molecular complexity index is 927. The second kappa shape index (κ2) is 26.4. The lowest BCUT2D eigenvalue weighted by atomic mass is 9.83. The van der Waals surface area contributed by atoms with E-state index in [1.807, 2.05) is 22.7 Å². The predicted octanol–water partition coefficient (Wildman–Crippen LogP) is 17.5. The maximum absolute atomic E-state index is 4.09. The molecule has 4 unspecified atom stereocenters. The van der Waals surface area contributed by atoms with Crippen LogP contribution in [0.5, 0.6) is 0 Å². The van der Waals surface area contributed by atoms with Crippen LogP contribution < -0.4 is 0 Å². The first-order valence-electron chi connectivity index (χ1n) is 20.3. The molecule has 0 aliphatic heterocycles. The topological polar surface area (TPSA) is 0 Å². The lowest BCUT2D eigenvalue weighted by Gasteiger charge is -2.23. The predicted molar refractivity (Wildman–Crippen MR) is 221 cm³/mol. The summed E-state index contributed by atoms with van der Waals surface area (Å²) in [4.78, 5) is 0. The summed E-state index contributed by atoms with van der Waals surface area (Å²) in [7, 11) is 0. The van der Waals surface area contributed by atoms with Crippen molar-refractivity contribution >= 4 is 63.9 Å². The van der Waals surface area contributed by atoms with Crippen LogP contribution in [0.15, 0.2) is 7.57 Å². The second-order valence-corrected chi connectivity index (χ2v) is 19.6. The van der Waals surface area contributed by atoms with Gasteiger partial charge >= 0.3 is 0 Å². The Balaban J connectivity index is 2.13. The average molecular weight is 803 g/mol. The van der Waals surface area contributed by atoms with Gasteiger partial charge in [-0.1, -0.05) is 170 Å². The van der Waals surface area contributed by atoms with Crippen LogP contribution in [0.4, 0.5) is 0 Å². The van der Waals surface area contributed by atoms with Gasteiger partial charge < -0.3 is 0 Å². The van der Waals surface area contributed by atoms with E-state index < -0.39 is 0 Å². The Morgan fingerprint density at radius 3 is 1.11 bits per heavy atom. The van der Waals surface area contributed by atoms with Gasteiger partial charge in [0.15, 0.2) is 0 Å². The van der Waals surface area contributed by atoms with Gasteiger partial charge in [-0.2, -0.15) is 0 Å². The van der Waals surface area contributed by atoms with Gasteiger partial charge in [-0.3, -0.25) is 0 Å². The summed E-state index contributed by atoms with van der Waals surface area (Å²) in [5.41, 5.74) is 3.24. The highest BCUT2D eigenvalue weighted by molar-refractivity contribution is 9.11. The van der Waals surface area contributed by atoms with Crippen LogP contribution in [-0.2, 0) is 12.8 Å². The van der Waals surface area contributed by atoms with E-state index in [0.717, 1.165) is 23.7 Å². The van der Waals surface area contributed by atoms with Gasteiger partial charge in [-0.15, -0.1) is 22.7 Å². The molecule has 4 heteroatoms. The largest absolute Gasteiger partial charge is 0.127 e. The van der Waals surface area contributed by atoms with Crippen molar-refractivity contribution < 1.29 is 0 Å². The molecule has 0 N–H and O–H groups in total. The Morgan fingerprint density at radius 1 is 0.413 bits per heavy atom. The molecule has 0 amide bonds. The quantitative estimate of drug-likeness (QED) is 0.0690. The Labute approximate surface area is 312 Å². The van der Waals surface area contributed by atoms with Crippen molar-refractivity contribution in [3.8, 4) is 0 Å². The zero-order chi connectivity index (χ0) is 33.6. The molecule has 0 aromatic carbocycles. The van der Waals surface area contributed by atoms with Crippen LogP contribution >= 0.6 is 54.5 Å². The summed E-state index contributed by atoms with van der Waals surface area (Å²) in [5, 5.41) is 0. The number of unbranched alkanes of at least 4 members (excludes halogenated alkanes) is 10. The Kier molecular flexibility index (Phi) is 24.6. The minimum Gasteiger partial charge on any atom is -0.127 e. The van der Waals surface area contributed by atoms with Gasteiger partial charge in [0, 0.05) is 0 Å².